The molecule has 0 radical (unpaired) electrons. The molecule has 154 valence electrons. The van der Waals surface area contributed by atoms with Gasteiger partial charge in [-0.3, -0.25) is 9.59 Å². The van der Waals surface area contributed by atoms with Crippen molar-refractivity contribution in [2.24, 2.45) is 11.8 Å². The number of hydrogen-bond acceptors (Lipinski definition) is 2. The number of imide groups is 1. The highest BCUT2D eigenvalue weighted by atomic mass is 16.2. The molecule has 7 rings (SSSR count). The number of rotatable bonds is 1. The van der Waals surface area contributed by atoms with Crippen molar-refractivity contribution in [1.82, 2.24) is 0 Å². The van der Waals surface area contributed by atoms with Gasteiger partial charge in [-0.25, -0.2) is 4.90 Å². The molecule has 3 nitrogen and oxygen atoms in total. The topological polar surface area (TPSA) is 37.4 Å². The third-order valence-corrected chi connectivity index (χ3v) is 7.40. The monoisotopic (exact) mass is 407 g/mol. The first-order chi connectivity index (χ1) is 14.9. The first-order valence-electron chi connectivity index (χ1n) is 11.0. The number of amides is 2. The van der Waals surface area contributed by atoms with Gasteiger partial charge in [-0.05, 0) is 39.3 Å². The van der Waals surface area contributed by atoms with Crippen LogP contribution in [0.25, 0.3) is 0 Å². The Labute approximate surface area is 182 Å². The first kappa shape index (κ1) is 18.6. The average molecular weight is 408 g/mol. The minimum absolute atomic E-state index is 0.0503. The molecule has 3 heteroatoms. The number of nitrogens with zero attached hydrogens (tertiary/aromatic N) is 1. The van der Waals surface area contributed by atoms with E-state index in [1.165, 1.54) is 27.2 Å². The third-order valence-electron chi connectivity index (χ3n) is 7.40. The van der Waals surface area contributed by atoms with Crippen LogP contribution in [0.4, 0.5) is 5.69 Å². The van der Waals surface area contributed by atoms with Gasteiger partial charge in [-0.2, -0.15) is 0 Å². The Morgan fingerprint density at radius 1 is 0.613 bits per heavy atom. The highest BCUT2D eigenvalue weighted by molar-refractivity contribution is 6.23. The van der Waals surface area contributed by atoms with E-state index >= 15 is 0 Å². The molecule has 1 heterocycles. The zero-order valence-corrected chi connectivity index (χ0v) is 18.0. The van der Waals surface area contributed by atoms with Crippen LogP contribution in [0, 0.1) is 11.8 Å². The number of carbonyl (C=O) groups excluding carboxylic acids is 2. The Morgan fingerprint density at radius 3 is 1.42 bits per heavy atom. The molecule has 1 saturated heterocycles. The summed E-state index contributed by atoms with van der Waals surface area (Å²) in [6.45, 7) is 6.37. The van der Waals surface area contributed by atoms with E-state index in [0.29, 0.717) is 0 Å². The predicted molar refractivity (Wildman–Crippen MR) is 121 cm³/mol. The van der Waals surface area contributed by atoms with Crippen molar-refractivity contribution in [3.8, 4) is 0 Å². The van der Waals surface area contributed by atoms with E-state index in [4.69, 9.17) is 0 Å². The lowest BCUT2D eigenvalue weighted by Crippen LogP contribution is -2.41. The van der Waals surface area contributed by atoms with Crippen LogP contribution in [0.15, 0.2) is 72.8 Å². The zero-order valence-electron chi connectivity index (χ0n) is 18.0. The summed E-state index contributed by atoms with van der Waals surface area (Å²) in [5, 5.41) is 0. The van der Waals surface area contributed by atoms with Gasteiger partial charge >= 0.3 is 0 Å². The fraction of sp³-hybridized carbons (Fsp3) is 0.286. The first-order valence-corrected chi connectivity index (χ1v) is 11.0. The van der Waals surface area contributed by atoms with Gasteiger partial charge in [0.1, 0.15) is 0 Å². The van der Waals surface area contributed by atoms with E-state index in [-0.39, 0.29) is 40.9 Å². The van der Waals surface area contributed by atoms with Crippen molar-refractivity contribution in [3.63, 3.8) is 0 Å². The van der Waals surface area contributed by atoms with Crippen molar-refractivity contribution in [3.05, 3.63) is 101 Å². The van der Waals surface area contributed by atoms with E-state index in [1.54, 1.807) is 0 Å². The highest BCUT2D eigenvalue weighted by Gasteiger charge is 2.62. The SMILES string of the molecule is CC(C)(C)c1ccccc1N1C(=O)C2C3c4ccccc4C(c4ccccc43)C2C1=O. The normalized spacial score (nSPS) is 26.0. The van der Waals surface area contributed by atoms with E-state index in [2.05, 4.69) is 45.0 Å². The maximum absolute atomic E-state index is 13.9. The van der Waals surface area contributed by atoms with Gasteiger partial charge in [-0.1, -0.05) is 87.5 Å². The van der Waals surface area contributed by atoms with Crippen LogP contribution >= 0.6 is 0 Å². The standard InChI is InChI=1S/C28H25NO2/c1-28(2,3)20-14-8-9-15-21(20)29-26(30)24-22-16-10-4-5-11-17(16)23(25(24)27(29)31)19-13-7-6-12-18(19)22/h4-15,22-25H,1-3H3. The number of hydrogen-bond donors (Lipinski definition) is 0. The zero-order chi connectivity index (χ0) is 21.5. The summed E-state index contributed by atoms with van der Waals surface area (Å²) in [6.07, 6.45) is 0. The van der Waals surface area contributed by atoms with Crippen LogP contribution in [-0.4, -0.2) is 11.8 Å². The Hall–Kier alpha value is -3.20. The molecule has 2 bridgehead atoms. The summed E-state index contributed by atoms with van der Waals surface area (Å²) in [7, 11) is 0. The van der Waals surface area contributed by atoms with Crippen LogP contribution in [0.2, 0.25) is 0 Å². The minimum atomic E-state index is -0.338. The molecule has 1 fully saturated rings. The number of carbonyl (C=O) groups is 2. The maximum atomic E-state index is 13.9. The van der Waals surface area contributed by atoms with Gasteiger partial charge in [-0.15, -0.1) is 0 Å². The maximum Gasteiger partial charge on any atom is 0.238 e. The van der Waals surface area contributed by atoms with Crippen molar-refractivity contribution in [2.45, 2.75) is 38.0 Å². The lowest BCUT2D eigenvalue weighted by molar-refractivity contribution is -0.122. The van der Waals surface area contributed by atoms with Crippen LogP contribution in [-0.2, 0) is 15.0 Å². The Bertz CT molecular complexity index is 1140. The van der Waals surface area contributed by atoms with E-state index in [1.807, 2.05) is 48.5 Å². The summed E-state index contributed by atoms with van der Waals surface area (Å²) in [6, 6.07) is 24.6. The fourth-order valence-electron chi connectivity index (χ4n) is 6.22. The van der Waals surface area contributed by atoms with Crippen molar-refractivity contribution >= 4 is 17.5 Å². The largest absolute Gasteiger partial charge is 0.274 e. The molecule has 0 saturated carbocycles. The second-order valence-electron chi connectivity index (χ2n) is 10.0. The van der Waals surface area contributed by atoms with E-state index < -0.39 is 0 Å². The second kappa shape index (κ2) is 6.16. The predicted octanol–water partition coefficient (Wildman–Crippen LogP) is 5.38. The third kappa shape index (κ3) is 2.35. The molecule has 2 atom stereocenters. The smallest absolute Gasteiger partial charge is 0.238 e. The van der Waals surface area contributed by atoms with Gasteiger partial charge in [0.25, 0.3) is 0 Å². The number of anilines is 1. The molecular formula is C28H25NO2. The molecule has 1 aliphatic heterocycles. The van der Waals surface area contributed by atoms with Crippen LogP contribution in [0.3, 0.4) is 0 Å². The number of benzene rings is 3. The molecule has 0 aromatic heterocycles. The van der Waals surface area contributed by atoms with E-state index in [9.17, 15) is 9.59 Å². The molecule has 3 aliphatic carbocycles. The molecule has 3 aromatic carbocycles. The van der Waals surface area contributed by atoms with E-state index in [0.717, 1.165) is 11.3 Å². The summed E-state index contributed by atoms with van der Waals surface area (Å²) in [5.41, 5.74) is 6.43. The molecule has 0 spiro atoms. The molecule has 3 aromatic rings. The van der Waals surface area contributed by atoms with Crippen LogP contribution < -0.4 is 4.90 Å². The van der Waals surface area contributed by atoms with Gasteiger partial charge < -0.3 is 0 Å². The average Bonchev–Trinajstić information content (AvgIpc) is 3.04. The Kier molecular flexibility index (Phi) is 3.69. The fourth-order valence-corrected chi connectivity index (χ4v) is 6.22. The summed E-state index contributed by atoms with van der Waals surface area (Å²) < 4.78 is 0. The minimum Gasteiger partial charge on any atom is -0.274 e. The van der Waals surface area contributed by atoms with Crippen LogP contribution in [0.5, 0.6) is 0 Å². The highest BCUT2D eigenvalue weighted by Crippen LogP contribution is 2.61. The van der Waals surface area contributed by atoms with Gasteiger partial charge in [0.05, 0.1) is 17.5 Å². The van der Waals surface area contributed by atoms with Crippen molar-refractivity contribution in [2.75, 3.05) is 4.90 Å². The second-order valence-corrected chi connectivity index (χ2v) is 10.0. The quantitative estimate of drug-likeness (QED) is 0.508. The Balaban J connectivity index is 1.56. The van der Waals surface area contributed by atoms with Crippen molar-refractivity contribution < 1.29 is 9.59 Å². The molecule has 31 heavy (non-hydrogen) atoms. The summed E-state index contributed by atoms with van der Waals surface area (Å²) in [4.78, 5) is 29.4. The van der Waals surface area contributed by atoms with Gasteiger partial charge in [0, 0.05) is 11.8 Å². The molecule has 0 N–H and O–H groups in total. The molecule has 2 unspecified atom stereocenters. The number of para-hydroxylation sites is 1. The summed E-state index contributed by atoms with van der Waals surface area (Å²) >= 11 is 0. The van der Waals surface area contributed by atoms with Crippen LogP contribution in [0.1, 0.15) is 60.4 Å². The van der Waals surface area contributed by atoms with Crippen molar-refractivity contribution in [1.29, 1.82) is 0 Å². The lowest BCUT2D eigenvalue weighted by atomic mass is 9.55. The molecule has 4 aliphatic rings. The van der Waals surface area contributed by atoms with Gasteiger partial charge in [0.2, 0.25) is 11.8 Å². The molecular weight excluding hydrogens is 382 g/mol. The Morgan fingerprint density at radius 2 is 1.00 bits per heavy atom. The lowest BCUT2D eigenvalue weighted by Gasteiger charge is -2.45. The molecule has 2 amide bonds. The van der Waals surface area contributed by atoms with Gasteiger partial charge in [0.15, 0.2) is 0 Å². The summed E-state index contributed by atoms with van der Waals surface area (Å²) in [5.74, 6) is -0.904.